The number of hydrogen-bond donors (Lipinski definition) is 0. The number of benzene rings is 1. The van der Waals surface area contributed by atoms with Crippen LogP contribution in [-0.4, -0.2) is 26.9 Å². The van der Waals surface area contributed by atoms with Gasteiger partial charge in [-0.15, -0.1) is 21.5 Å². The molecule has 0 bridgehead atoms. The Bertz CT molecular complexity index is 797. The van der Waals surface area contributed by atoms with Gasteiger partial charge in [-0.25, -0.2) is 4.98 Å². The maximum absolute atomic E-state index is 5.11. The normalized spacial score (nSPS) is 11.1. The minimum absolute atomic E-state index is 0.563. The minimum Gasteiger partial charge on any atom is -0.378 e. The van der Waals surface area contributed by atoms with Crippen LogP contribution in [0.15, 0.2) is 34.8 Å². The highest BCUT2D eigenvalue weighted by Crippen LogP contribution is 2.26. The van der Waals surface area contributed by atoms with Gasteiger partial charge in [-0.1, -0.05) is 23.9 Å². The van der Waals surface area contributed by atoms with Gasteiger partial charge in [0, 0.05) is 23.9 Å². The van der Waals surface area contributed by atoms with Crippen LogP contribution < -0.4 is 0 Å². The number of methoxy groups -OCH3 is 1. The average molecular weight is 346 g/mol. The molecule has 0 aliphatic heterocycles. The van der Waals surface area contributed by atoms with E-state index in [1.54, 1.807) is 30.2 Å². The van der Waals surface area contributed by atoms with Crippen LogP contribution in [0.4, 0.5) is 0 Å². The summed E-state index contributed by atoms with van der Waals surface area (Å²) >= 11 is 3.27. The van der Waals surface area contributed by atoms with Gasteiger partial charge < -0.3 is 4.74 Å². The number of thioether (sulfide) groups is 1. The molecule has 0 saturated heterocycles. The second-order valence-electron chi connectivity index (χ2n) is 5.16. The maximum atomic E-state index is 5.11. The van der Waals surface area contributed by atoms with Gasteiger partial charge in [0.1, 0.15) is 10.8 Å². The summed E-state index contributed by atoms with van der Waals surface area (Å²) in [4.78, 5) is 4.55. The molecule has 3 aromatic rings. The van der Waals surface area contributed by atoms with E-state index < -0.39 is 0 Å². The predicted octanol–water partition coefficient (Wildman–Crippen LogP) is 3.78. The molecule has 0 amide bonds. The highest BCUT2D eigenvalue weighted by molar-refractivity contribution is 7.98. The van der Waals surface area contributed by atoms with Crippen molar-refractivity contribution in [1.82, 2.24) is 19.7 Å². The lowest BCUT2D eigenvalue weighted by molar-refractivity contribution is 0.184. The largest absolute Gasteiger partial charge is 0.378 e. The van der Waals surface area contributed by atoms with E-state index in [1.165, 1.54) is 5.56 Å². The van der Waals surface area contributed by atoms with E-state index in [2.05, 4.69) is 56.3 Å². The van der Waals surface area contributed by atoms with Crippen molar-refractivity contribution < 1.29 is 4.74 Å². The molecule has 0 aliphatic carbocycles. The van der Waals surface area contributed by atoms with Crippen LogP contribution in [0.2, 0.25) is 0 Å². The number of aromatic nitrogens is 4. The molecule has 0 radical (unpaired) electrons. The van der Waals surface area contributed by atoms with E-state index in [-0.39, 0.29) is 0 Å². The maximum Gasteiger partial charge on any atom is 0.196 e. The third-order valence-corrected chi connectivity index (χ3v) is 5.10. The fourth-order valence-electron chi connectivity index (χ4n) is 2.24. The Hall–Kier alpha value is -1.70. The number of nitrogens with zero attached hydrogens (tertiary/aromatic N) is 4. The fraction of sp³-hybridized carbons (Fsp3) is 0.312. The van der Waals surface area contributed by atoms with Gasteiger partial charge in [-0.05, 0) is 31.5 Å². The number of ether oxygens (including phenoxy) is 1. The van der Waals surface area contributed by atoms with E-state index in [0.29, 0.717) is 6.61 Å². The summed E-state index contributed by atoms with van der Waals surface area (Å²) in [5, 5.41) is 12.5. The van der Waals surface area contributed by atoms with Gasteiger partial charge in [-0.2, -0.15) is 0 Å². The zero-order chi connectivity index (χ0) is 16.2. The van der Waals surface area contributed by atoms with Crippen LogP contribution in [0, 0.1) is 13.8 Å². The summed E-state index contributed by atoms with van der Waals surface area (Å²) in [5.41, 5.74) is 3.35. The quantitative estimate of drug-likeness (QED) is 0.636. The van der Waals surface area contributed by atoms with E-state index in [1.807, 2.05) is 6.92 Å². The Balaban J connectivity index is 1.78. The Morgan fingerprint density at radius 3 is 2.91 bits per heavy atom. The lowest BCUT2D eigenvalue weighted by atomic mass is 10.2. The third kappa shape index (κ3) is 3.80. The zero-order valence-corrected chi connectivity index (χ0v) is 14.9. The first-order valence-electron chi connectivity index (χ1n) is 7.21. The molecular weight excluding hydrogens is 328 g/mol. The number of rotatable bonds is 6. The summed E-state index contributed by atoms with van der Waals surface area (Å²) in [6.07, 6.45) is 0. The van der Waals surface area contributed by atoms with E-state index in [4.69, 9.17) is 4.74 Å². The van der Waals surface area contributed by atoms with Crippen LogP contribution in [0.1, 0.15) is 22.1 Å². The van der Waals surface area contributed by atoms with Crippen LogP contribution >= 0.6 is 23.1 Å². The third-order valence-electron chi connectivity index (χ3n) is 3.27. The van der Waals surface area contributed by atoms with Crippen molar-refractivity contribution in [2.75, 3.05) is 7.11 Å². The summed E-state index contributed by atoms with van der Waals surface area (Å²) in [6, 6.07) is 8.35. The molecule has 0 unspecified atom stereocenters. The second-order valence-corrected chi connectivity index (χ2v) is 7.04. The highest BCUT2D eigenvalue weighted by atomic mass is 32.2. The monoisotopic (exact) mass is 346 g/mol. The fourth-order valence-corrected chi connectivity index (χ4v) is 4.00. The Morgan fingerprint density at radius 1 is 1.26 bits per heavy atom. The zero-order valence-electron chi connectivity index (χ0n) is 13.3. The average Bonchev–Trinajstić information content (AvgIpc) is 3.12. The summed E-state index contributed by atoms with van der Waals surface area (Å²) < 4.78 is 7.19. The molecule has 2 aromatic heterocycles. The van der Waals surface area contributed by atoms with Crippen LogP contribution in [0.5, 0.6) is 0 Å². The van der Waals surface area contributed by atoms with E-state index in [9.17, 15) is 0 Å². The second kappa shape index (κ2) is 7.25. The molecule has 0 N–H and O–H groups in total. The van der Waals surface area contributed by atoms with Crippen molar-refractivity contribution in [3.8, 4) is 5.69 Å². The number of thiazole rings is 1. The van der Waals surface area contributed by atoms with Crippen molar-refractivity contribution >= 4 is 23.1 Å². The Labute approximate surface area is 143 Å². The lowest BCUT2D eigenvalue weighted by Gasteiger charge is -2.08. The smallest absolute Gasteiger partial charge is 0.196 e. The Kier molecular flexibility index (Phi) is 5.09. The molecule has 0 fully saturated rings. The molecule has 0 saturated carbocycles. The van der Waals surface area contributed by atoms with Crippen molar-refractivity contribution in [2.45, 2.75) is 31.4 Å². The van der Waals surface area contributed by atoms with Crippen LogP contribution in [0.25, 0.3) is 5.69 Å². The Morgan fingerprint density at radius 2 is 2.13 bits per heavy atom. The summed E-state index contributed by atoms with van der Waals surface area (Å²) in [6.45, 7) is 4.62. The SMILES string of the molecule is COCc1nc(CSc2nnc(C)n2-c2cccc(C)c2)cs1. The van der Waals surface area contributed by atoms with Crippen LogP contribution in [-0.2, 0) is 17.1 Å². The van der Waals surface area contributed by atoms with Gasteiger partial charge in [0.25, 0.3) is 0 Å². The van der Waals surface area contributed by atoms with E-state index in [0.717, 1.165) is 33.1 Å². The van der Waals surface area contributed by atoms with Crippen molar-refractivity contribution in [2.24, 2.45) is 0 Å². The molecule has 0 spiro atoms. The first-order valence-corrected chi connectivity index (χ1v) is 9.08. The van der Waals surface area contributed by atoms with Crippen molar-refractivity contribution in [3.63, 3.8) is 0 Å². The molecule has 7 heteroatoms. The molecule has 120 valence electrons. The highest BCUT2D eigenvalue weighted by Gasteiger charge is 2.12. The lowest BCUT2D eigenvalue weighted by Crippen LogP contribution is -1.99. The van der Waals surface area contributed by atoms with Gasteiger partial charge in [0.2, 0.25) is 0 Å². The number of hydrogen-bond acceptors (Lipinski definition) is 6. The first kappa shape index (κ1) is 16.2. The topological polar surface area (TPSA) is 52.8 Å². The van der Waals surface area contributed by atoms with E-state index >= 15 is 0 Å². The van der Waals surface area contributed by atoms with Crippen LogP contribution in [0.3, 0.4) is 0 Å². The first-order chi connectivity index (χ1) is 11.2. The molecular formula is C16H18N4OS2. The molecule has 3 rings (SSSR count). The molecule has 0 atom stereocenters. The molecule has 2 heterocycles. The van der Waals surface area contributed by atoms with Gasteiger partial charge >= 0.3 is 0 Å². The van der Waals surface area contributed by atoms with Gasteiger partial charge in [0.05, 0.1) is 12.3 Å². The van der Waals surface area contributed by atoms with Gasteiger partial charge in [-0.3, -0.25) is 4.57 Å². The molecule has 23 heavy (non-hydrogen) atoms. The van der Waals surface area contributed by atoms with Crippen molar-refractivity contribution in [3.05, 3.63) is 51.7 Å². The predicted molar refractivity (Wildman–Crippen MR) is 93.2 cm³/mol. The van der Waals surface area contributed by atoms with Crippen molar-refractivity contribution in [1.29, 1.82) is 0 Å². The summed E-state index contributed by atoms with van der Waals surface area (Å²) in [7, 11) is 1.68. The molecule has 5 nitrogen and oxygen atoms in total. The molecule has 1 aromatic carbocycles. The summed E-state index contributed by atoms with van der Waals surface area (Å²) in [5.74, 6) is 1.65. The number of aryl methyl sites for hydroxylation is 2. The standard InChI is InChI=1S/C16H18N4OS2/c1-11-5-4-6-14(7-11)20-12(2)18-19-16(20)23-10-13-9-22-15(17-13)8-21-3/h4-7,9H,8,10H2,1-3H3. The minimum atomic E-state index is 0.563. The molecule has 0 aliphatic rings. The van der Waals surface area contributed by atoms with Gasteiger partial charge in [0.15, 0.2) is 5.16 Å².